The van der Waals surface area contributed by atoms with E-state index in [1.165, 1.54) is 34.8 Å². The summed E-state index contributed by atoms with van der Waals surface area (Å²) in [6, 6.07) is 1.44. The summed E-state index contributed by atoms with van der Waals surface area (Å²) in [5, 5.41) is 5.29. The van der Waals surface area contributed by atoms with Gasteiger partial charge in [0, 0.05) is 12.0 Å². The zero-order valence-electron chi connectivity index (χ0n) is 7.81. The summed E-state index contributed by atoms with van der Waals surface area (Å²) >= 11 is 7.15. The molecule has 2 heterocycles. The predicted octanol–water partition coefficient (Wildman–Crippen LogP) is 1.77. The van der Waals surface area contributed by atoms with Gasteiger partial charge in [0.15, 0.2) is 0 Å². The molecule has 15 heavy (non-hydrogen) atoms. The molecule has 78 valence electrons. The summed E-state index contributed by atoms with van der Waals surface area (Å²) in [6.45, 7) is 0. The number of aromatic nitrogens is 3. The van der Waals surface area contributed by atoms with Crippen molar-refractivity contribution < 1.29 is 0 Å². The number of hydrogen-bond donors (Lipinski definition) is 0. The molecule has 0 bridgehead atoms. The van der Waals surface area contributed by atoms with Crippen LogP contribution >= 0.6 is 22.9 Å². The Morgan fingerprint density at radius 2 is 2.40 bits per heavy atom. The highest BCUT2D eigenvalue weighted by atomic mass is 35.5. The maximum Gasteiger partial charge on any atom is 0.275 e. The predicted molar refractivity (Wildman–Crippen MR) is 58.7 cm³/mol. The van der Waals surface area contributed by atoms with Gasteiger partial charge in [0.1, 0.15) is 5.01 Å². The van der Waals surface area contributed by atoms with E-state index in [-0.39, 0.29) is 11.4 Å². The van der Waals surface area contributed by atoms with Crippen LogP contribution in [-0.2, 0) is 5.88 Å². The minimum Gasteiger partial charge on any atom is -0.267 e. The van der Waals surface area contributed by atoms with E-state index in [9.17, 15) is 4.79 Å². The maximum atomic E-state index is 11.6. The SMILES string of the molecule is O=c1cc(CCl)nc2sc(C3CC3)nn12. The number of halogens is 1. The van der Waals surface area contributed by atoms with Crippen molar-refractivity contribution in [3.8, 4) is 0 Å². The summed E-state index contributed by atoms with van der Waals surface area (Å²) in [5.41, 5.74) is 0.478. The fraction of sp³-hybridized carbons (Fsp3) is 0.444. The molecule has 1 fully saturated rings. The number of nitrogens with zero attached hydrogens (tertiary/aromatic N) is 3. The smallest absolute Gasteiger partial charge is 0.267 e. The van der Waals surface area contributed by atoms with Gasteiger partial charge in [-0.15, -0.1) is 11.6 Å². The van der Waals surface area contributed by atoms with Crippen LogP contribution in [0.15, 0.2) is 10.9 Å². The topological polar surface area (TPSA) is 47.3 Å². The Morgan fingerprint density at radius 1 is 1.60 bits per heavy atom. The molecule has 2 aromatic heterocycles. The van der Waals surface area contributed by atoms with Gasteiger partial charge in [-0.2, -0.15) is 9.61 Å². The molecule has 0 saturated heterocycles. The van der Waals surface area contributed by atoms with Crippen molar-refractivity contribution in [1.29, 1.82) is 0 Å². The van der Waals surface area contributed by atoms with E-state index < -0.39 is 0 Å². The third-order valence-corrected chi connectivity index (χ3v) is 3.72. The van der Waals surface area contributed by atoms with Gasteiger partial charge in [0.05, 0.1) is 11.6 Å². The van der Waals surface area contributed by atoms with Crippen LogP contribution < -0.4 is 5.56 Å². The molecule has 6 heteroatoms. The maximum absolute atomic E-state index is 11.6. The minimum atomic E-state index is -0.140. The van der Waals surface area contributed by atoms with Gasteiger partial charge in [0.25, 0.3) is 5.56 Å². The summed E-state index contributed by atoms with van der Waals surface area (Å²) in [5.74, 6) is 0.818. The average molecular weight is 242 g/mol. The first kappa shape index (κ1) is 9.30. The van der Waals surface area contributed by atoms with Crippen LogP contribution in [0.2, 0.25) is 0 Å². The Balaban J connectivity index is 2.24. The van der Waals surface area contributed by atoms with Crippen LogP contribution in [0.25, 0.3) is 4.96 Å². The molecule has 2 aromatic rings. The third kappa shape index (κ3) is 1.55. The third-order valence-electron chi connectivity index (χ3n) is 2.38. The van der Waals surface area contributed by atoms with Crippen molar-refractivity contribution in [2.45, 2.75) is 24.6 Å². The molecule has 0 N–H and O–H groups in total. The molecule has 0 aromatic carbocycles. The highest BCUT2D eigenvalue weighted by molar-refractivity contribution is 7.16. The number of rotatable bonds is 2. The van der Waals surface area contributed by atoms with E-state index in [0.717, 1.165) is 5.01 Å². The lowest BCUT2D eigenvalue weighted by atomic mass is 10.4. The average Bonchev–Trinajstić information content (AvgIpc) is 2.98. The second-order valence-electron chi connectivity index (χ2n) is 3.63. The quantitative estimate of drug-likeness (QED) is 0.753. The summed E-state index contributed by atoms with van der Waals surface area (Å²) in [4.78, 5) is 16.5. The lowest BCUT2D eigenvalue weighted by Crippen LogP contribution is -2.14. The second kappa shape index (κ2) is 3.28. The molecule has 4 nitrogen and oxygen atoms in total. The largest absolute Gasteiger partial charge is 0.275 e. The van der Waals surface area contributed by atoms with E-state index in [1.54, 1.807) is 0 Å². The molecule has 1 aliphatic carbocycles. The van der Waals surface area contributed by atoms with Crippen LogP contribution in [0.3, 0.4) is 0 Å². The first-order valence-corrected chi connectivity index (χ1v) is 6.08. The van der Waals surface area contributed by atoms with Crippen LogP contribution in [0.5, 0.6) is 0 Å². The van der Waals surface area contributed by atoms with Crippen molar-refractivity contribution in [2.24, 2.45) is 0 Å². The van der Waals surface area contributed by atoms with Crippen LogP contribution in [-0.4, -0.2) is 14.6 Å². The molecule has 0 atom stereocenters. The molecular weight excluding hydrogens is 234 g/mol. The monoisotopic (exact) mass is 241 g/mol. The van der Waals surface area contributed by atoms with Crippen molar-refractivity contribution in [2.75, 3.05) is 0 Å². The molecule has 3 rings (SSSR count). The summed E-state index contributed by atoms with van der Waals surface area (Å²) < 4.78 is 1.37. The fourth-order valence-corrected chi connectivity index (χ4v) is 2.66. The number of fused-ring (bicyclic) bond motifs is 1. The van der Waals surface area contributed by atoms with Gasteiger partial charge in [-0.25, -0.2) is 4.98 Å². The van der Waals surface area contributed by atoms with Crippen molar-refractivity contribution in [3.63, 3.8) is 0 Å². The lowest BCUT2D eigenvalue weighted by Gasteiger charge is -1.92. The van der Waals surface area contributed by atoms with Crippen LogP contribution in [0.4, 0.5) is 0 Å². The molecular formula is C9H8ClN3OS. The van der Waals surface area contributed by atoms with Crippen LogP contribution in [0.1, 0.15) is 29.5 Å². The van der Waals surface area contributed by atoms with Gasteiger partial charge < -0.3 is 0 Å². The van der Waals surface area contributed by atoms with Crippen molar-refractivity contribution in [3.05, 3.63) is 27.1 Å². The first-order chi connectivity index (χ1) is 7.28. The molecule has 0 spiro atoms. The highest BCUT2D eigenvalue weighted by Gasteiger charge is 2.27. The second-order valence-corrected chi connectivity index (χ2v) is 4.88. The van der Waals surface area contributed by atoms with Gasteiger partial charge >= 0.3 is 0 Å². The van der Waals surface area contributed by atoms with Crippen molar-refractivity contribution in [1.82, 2.24) is 14.6 Å². The molecule has 1 saturated carbocycles. The lowest BCUT2D eigenvalue weighted by molar-refractivity contribution is 0.848. The zero-order chi connectivity index (χ0) is 10.4. The molecule has 0 radical (unpaired) electrons. The first-order valence-electron chi connectivity index (χ1n) is 4.73. The zero-order valence-corrected chi connectivity index (χ0v) is 9.38. The Bertz CT molecular complexity index is 572. The number of hydrogen-bond acceptors (Lipinski definition) is 4. The van der Waals surface area contributed by atoms with Gasteiger partial charge in [-0.1, -0.05) is 11.3 Å². The van der Waals surface area contributed by atoms with Crippen LogP contribution in [0, 0.1) is 0 Å². The molecule has 0 aliphatic heterocycles. The Morgan fingerprint density at radius 3 is 3.07 bits per heavy atom. The van der Waals surface area contributed by atoms with E-state index >= 15 is 0 Å². The van der Waals surface area contributed by atoms with E-state index in [2.05, 4.69) is 10.1 Å². The van der Waals surface area contributed by atoms with E-state index in [4.69, 9.17) is 11.6 Å². The van der Waals surface area contributed by atoms with Gasteiger partial charge in [-0.3, -0.25) is 4.79 Å². The Kier molecular flexibility index (Phi) is 2.03. The molecule has 0 unspecified atom stereocenters. The van der Waals surface area contributed by atoms with Gasteiger partial charge in [-0.05, 0) is 12.8 Å². The standard InChI is InChI=1S/C9H8ClN3OS/c10-4-6-3-7(14)13-9(11-6)15-8(12-13)5-1-2-5/h3,5H,1-2,4H2. The molecule has 1 aliphatic rings. The fourth-order valence-electron chi connectivity index (χ4n) is 1.43. The number of alkyl halides is 1. The van der Waals surface area contributed by atoms with E-state index in [0.29, 0.717) is 16.6 Å². The van der Waals surface area contributed by atoms with Gasteiger partial charge in [0.2, 0.25) is 4.96 Å². The Labute approximate surface area is 94.5 Å². The Hall–Kier alpha value is -0.940. The molecule has 0 amide bonds. The minimum absolute atomic E-state index is 0.140. The normalized spacial score (nSPS) is 16.1. The summed E-state index contributed by atoms with van der Waals surface area (Å²) in [7, 11) is 0. The van der Waals surface area contributed by atoms with E-state index in [1.807, 2.05) is 0 Å². The van der Waals surface area contributed by atoms with Crippen molar-refractivity contribution >= 4 is 27.9 Å². The summed E-state index contributed by atoms with van der Waals surface area (Å²) in [6.07, 6.45) is 2.36. The highest BCUT2D eigenvalue weighted by Crippen LogP contribution is 2.41.